The average molecular weight is 308 g/mol. The van der Waals surface area contributed by atoms with Gasteiger partial charge in [-0.2, -0.15) is 0 Å². The van der Waals surface area contributed by atoms with Crippen molar-refractivity contribution in [1.29, 1.82) is 0 Å². The highest BCUT2D eigenvalue weighted by atomic mass is 32.2. The molecule has 2 aromatic carbocycles. The molecule has 0 heterocycles. The molecule has 0 aliphatic heterocycles. The second-order valence-corrected chi connectivity index (χ2v) is 6.51. The number of anilines is 1. The third kappa shape index (κ3) is 4.54. The number of sulfonamides is 1. The van der Waals surface area contributed by atoms with Crippen LogP contribution in [0.3, 0.4) is 0 Å². The Bertz CT molecular complexity index is 715. The first-order valence-electron chi connectivity index (χ1n) is 6.48. The summed E-state index contributed by atoms with van der Waals surface area (Å²) in [5.41, 5.74) is 1.68. The number of rotatable bonds is 5. The molecular formula is C15H17FN2O2S. The minimum Gasteiger partial charge on any atom is -0.382 e. The maximum atomic E-state index is 12.8. The molecule has 0 aromatic heterocycles. The summed E-state index contributed by atoms with van der Waals surface area (Å²) in [6, 6.07) is 12.7. The largest absolute Gasteiger partial charge is 0.382 e. The van der Waals surface area contributed by atoms with Crippen molar-refractivity contribution in [1.82, 2.24) is 0 Å². The topological polar surface area (TPSA) is 72.2 Å². The minimum absolute atomic E-state index is 0.0613. The van der Waals surface area contributed by atoms with Crippen LogP contribution >= 0.6 is 0 Å². The number of benzene rings is 2. The predicted octanol–water partition coefficient (Wildman–Crippen LogP) is 2.52. The van der Waals surface area contributed by atoms with Crippen molar-refractivity contribution in [2.45, 2.75) is 24.3 Å². The van der Waals surface area contributed by atoms with Crippen molar-refractivity contribution < 1.29 is 12.8 Å². The molecular weight excluding hydrogens is 291 g/mol. The Kier molecular flexibility index (Phi) is 4.59. The molecule has 0 aliphatic rings. The van der Waals surface area contributed by atoms with Gasteiger partial charge in [-0.1, -0.05) is 18.2 Å². The van der Waals surface area contributed by atoms with Crippen LogP contribution in [0.1, 0.15) is 12.5 Å². The fourth-order valence-electron chi connectivity index (χ4n) is 2.07. The molecule has 4 nitrogen and oxygen atoms in total. The molecule has 0 radical (unpaired) electrons. The van der Waals surface area contributed by atoms with Crippen molar-refractivity contribution in [3.8, 4) is 0 Å². The van der Waals surface area contributed by atoms with Gasteiger partial charge in [0.2, 0.25) is 10.0 Å². The van der Waals surface area contributed by atoms with Gasteiger partial charge in [0, 0.05) is 11.7 Å². The monoisotopic (exact) mass is 308 g/mol. The molecule has 6 heteroatoms. The van der Waals surface area contributed by atoms with Crippen molar-refractivity contribution in [2.75, 3.05) is 5.32 Å². The van der Waals surface area contributed by atoms with E-state index < -0.39 is 10.0 Å². The number of primary sulfonamides is 1. The summed E-state index contributed by atoms with van der Waals surface area (Å²) in [6.07, 6.45) is 0.694. The van der Waals surface area contributed by atoms with E-state index >= 15 is 0 Å². The standard InChI is InChI=1S/C15H17FN2O2S/c1-11(9-12-5-7-13(16)8-6-12)18-14-3-2-4-15(10-14)21(17,19)20/h2-8,10-11,18H,9H2,1H3,(H2,17,19,20)/t11-/m0/s1. The quantitative estimate of drug-likeness (QED) is 0.891. The molecule has 2 rings (SSSR count). The summed E-state index contributed by atoms with van der Waals surface area (Å²) < 4.78 is 35.5. The van der Waals surface area contributed by atoms with E-state index in [1.54, 1.807) is 24.3 Å². The van der Waals surface area contributed by atoms with Crippen molar-refractivity contribution in [2.24, 2.45) is 5.14 Å². The molecule has 21 heavy (non-hydrogen) atoms. The molecule has 0 aliphatic carbocycles. The second-order valence-electron chi connectivity index (χ2n) is 4.95. The van der Waals surface area contributed by atoms with Crippen LogP contribution in [-0.2, 0) is 16.4 Å². The Hall–Kier alpha value is -1.92. The van der Waals surface area contributed by atoms with E-state index in [2.05, 4.69) is 5.32 Å². The number of nitrogens with two attached hydrogens (primary N) is 1. The molecule has 3 N–H and O–H groups in total. The summed E-state index contributed by atoms with van der Waals surface area (Å²) in [5, 5.41) is 8.31. The Morgan fingerprint density at radius 2 is 1.86 bits per heavy atom. The number of hydrogen-bond donors (Lipinski definition) is 2. The Morgan fingerprint density at radius 3 is 2.48 bits per heavy atom. The third-order valence-corrected chi connectivity index (χ3v) is 3.94. The Morgan fingerprint density at radius 1 is 1.19 bits per heavy atom. The Balaban J connectivity index is 2.06. The van der Waals surface area contributed by atoms with Gasteiger partial charge in [0.1, 0.15) is 5.82 Å². The molecule has 0 saturated heterocycles. The van der Waals surface area contributed by atoms with Gasteiger partial charge in [0.15, 0.2) is 0 Å². The molecule has 0 amide bonds. The van der Waals surface area contributed by atoms with Crippen LogP contribution < -0.4 is 10.5 Å². The lowest BCUT2D eigenvalue weighted by Gasteiger charge is -2.16. The van der Waals surface area contributed by atoms with Crippen LogP contribution in [0.2, 0.25) is 0 Å². The average Bonchev–Trinajstić information content (AvgIpc) is 2.41. The predicted molar refractivity (Wildman–Crippen MR) is 81.0 cm³/mol. The van der Waals surface area contributed by atoms with Crippen LogP contribution in [-0.4, -0.2) is 14.5 Å². The lowest BCUT2D eigenvalue weighted by molar-refractivity contribution is 0.598. The summed E-state index contributed by atoms with van der Waals surface area (Å²) in [7, 11) is -3.71. The fraction of sp³-hybridized carbons (Fsp3) is 0.200. The first-order chi connectivity index (χ1) is 9.84. The summed E-state index contributed by atoms with van der Waals surface area (Å²) in [4.78, 5) is 0.0708. The smallest absolute Gasteiger partial charge is 0.238 e. The zero-order valence-corrected chi connectivity index (χ0v) is 12.4. The normalized spacial score (nSPS) is 12.9. The first-order valence-corrected chi connectivity index (χ1v) is 8.03. The van der Waals surface area contributed by atoms with E-state index in [1.807, 2.05) is 6.92 Å². The summed E-state index contributed by atoms with van der Waals surface area (Å²) >= 11 is 0. The highest BCUT2D eigenvalue weighted by Crippen LogP contribution is 2.16. The second kappa shape index (κ2) is 6.24. The lowest BCUT2D eigenvalue weighted by atomic mass is 10.1. The van der Waals surface area contributed by atoms with Gasteiger partial charge in [-0.3, -0.25) is 0 Å². The molecule has 0 unspecified atom stereocenters. The zero-order valence-electron chi connectivity index (χ0n) is 11.6. The number of halogens is 1. The maximum absolute atomic E-state index is 12.8. The van der Waals surface area contributed by atoms with E-state index in [9.17, 15) is 12.8 Å². The Labute approximate surface area is 123 Å². The zero-order chi connectivity index (χ0) is 15.5. The fourth-order valence-corrected chi connectivity index (χ4v) is 2.63. The van der Waals surface area contributed by atoms with Gasteiger partial charge in [-0.25, -0.2) is 17.9 Å². The number of hydrogen-bond acceptors (Lipinski definition) is 3. The van der Waals surface area contributed by atoms with Crippen LogP contribution in [0.25, 0.3) is 0 Å². The minimum atomic E-state index is -3.71. The third-order valence-electron chi connectivity index (χ3n) is 3.03. The molecule has 0 spiro atoms. The van der Waals surface area contributed by atoms with Gasteiger partial charge in [0.25, 0.3) is 0 Å². The molecule has 0 fully saturated rings. The van der Waals surface area contributed by atoms with Crippen LogP contribution in [0, 0.1) is 5.82 Å². The van der Waals surface area contributed by atoms with Crippen LogP contribution in [0.15, 0.2) is 53.4 Å². The number of nitrogens with one attached hydrogen (secondary N) is 1. The van der Waals surface area contributed by atoms with E-state index in [1.165, 1.54) is 24.3 Å². The van der Waals surface area contributed by atoms with Gasteiger partial charge in [-0.05, 0) is 49.2 Å². The van der Waals surface area contributed by atoms with E-state index in [0.29, 0.717) is 12.1 Å². The van der Waals surface area contributed by atoms with E-state index in [-0.39, 0.29) is 16.8 Å². The molecule has 0 bridgehead atoms. The molecule has 0 saturated carbocycles. The molecule has 1 atom stereocenters. The highest BCUT2D eigenvalue weighted by Gasteiger charge is 2.09. The SMILES string of the molecule is C[C@@H](Cc1ccc(F)cc1)Nc1cccc(S(N)(=O)=O)c1. The summed E-state index contributed by atoms with van der Waals surface area (Å²) in [6.45, 7) is 1.97. The molecule has 112 valence electrons. The van der Waals surface area contributed by atoms with Crippen molar-refractivity contribution in [3.05, 3.63) is 59.9 Å². The molecule has 2 aromatic rings. The van der Waals surface area contributed by atoms with Crippen LogP contribution in [0.5, 0.6) is 0 Å². The van der Waals surface area contributed by atoms with Gasteiger partial charge >= 0.3 is 0 Å². The van der Waals surface area contributed by atoms with E-state index in [4.69, 9.17) is 5.14 Å². The highest BCUT2D eigenvalue weighted by molar-refractivity contribution is 7.89. The van der Waals surface area contributed by atoms with Gasteiger partial charge in [0.05, 0.1) is 4.90 Å². The lowest BCUT2D eigenvalue weighted by Crippen LogP contribution is -2.19. The van der Waals surface area contributed by atoms with Crippen LogP contribution in [0.4, 0.5) is 10.1 Å². The summed E-state index contributed by atoms with van der Waals surface area (Å²) in [5.74, 6) is -0.264. The van der Waals surface area contributed by atoms with Crippen molar-refractivity contribution in [3.63, 3.8) is 0 Å². The van der Waals surface area contributed by atoms with Crippen molar-refractivity contribution >= 4 is 15.7 Å². The van der Waals surface area contributed by atoms with Gasteiger partial charge < -0.3 is 5.32 Å². The maximum Gasteiger partial charge on any atom is 0.238 e. The van der Waals surface area contributed by atoms with Gasteiger partial charge in [-0.15, -0.1) is 0 Å². The van der Waals surface area contributed by atoms with E-state index in [0.717, 1.165) is 5.56 Å². The first kappa shape index (κ1) is 15.5.